The number of rotatable bonds is 5. The van der Waals surface area contributed by atoms with Gasteiger partial charge < -0.3 is 10.6 Å². The number of benzene rings is 1. The lowest BCUT2D eigenvalue weighted by Gasteiger charge is -2.32. The van der Waals surface area contributed by atoms with Gasteiger partial charge in [-0.1, -0.05) is 23.7 Å². The minimum Gasteiger partial charge on any atom is -0.354 e. The van der Waals surface area contributed by atoms with E-state index in [1.165, 1.54) is 4.31 Å². The quantitative estimate of drug-likeness (QED) is 0.743. The molecule has 2 fully saturated rings. The molecule has 2 unspecified atom stereocenters. The van der Waals surface area contributed by atoms with Crippen LogP contribution in [0.15, 0.2) is 23.1 Å². The molecule has 0 aromatic heterocycles. The van der Waals surface area contributed by atoms with Crippen molar-refractivity contribution in [2.45, 2.75) is 43.5 Å². The Hall–Kier alpha value is -0.860. The van der Waals surface area contributed by atoms with Crippen LogP contribution in [-0.4, -0.2) is 50.9 Å². The summed E-state index contributed by atoms with van der Waals surface area (Å²) in [7, 11) is -3.63. The highest BCUT2D eigenvalue weighted by atomic mass is 35.5. The minimum absolute atomic E-state index is 0. The Labute approximate surface area is 172 Å². The summed E-state index contributed by atoms with van der Waals surface area (Å²) >= 11 is 6.24. The van der Waals surface area contributed by atoms with E-state index < -0.39 is 10.0 Å². The molecule has 0 spiro atoms. The van der Waals surface area contributed by atoms with E-state index in [0.717, 1.165) is 37.8 Å². The predicted molar refractivity (Wildman–Crippen MR) is 109 cm³/mol. The van der Waals surface area contributed by atoms with Crippen molar-refractivity contribution in [3.63, 3.8) is 0 Å². The molecule has 152 valence electrons. The van der Waals surface area contributed by atoms with Crippen LogP contribution in [-0.2, 0) is 14.8 Å². The molecule has 0 radical (unpaired) electrons. The highest BCUT2D eigenvalue weighted by Crippen LogP contribution is 2.30. The number of amides is 1. The van der Waals surface area contributed by atoms with Crippen molar-refractivity contribution >= 4 is 39.9 Å². The first kappa shape index (κ1) is 22.4. The van der Waals surface area contributed by atoms with E-state index in [9.17, 15) is 13.2 Å². The normalized spacial score (nSPS) is 23.6. The van der Waals surface area contributed by atoms with Gasteiger partial charge in [0.15, 0.2) is 0 Å². The van der Waals surface area contributed by atoms with Gasteiger partial charge in [-0.2, -0.15) is 4.31 Å². The third-order valence-electron chi connectivity index (χ3n) is 5.20. The molecule has 2 N–H and O–H groups in total. The van der Waals surface area contributed by atoms with Crippen molar-refractivity contribution in [1.82, 2.24) is 14.9 Å². The number of nitrogens with one attached hydrogen (secondary N) is 2. The summed E-state index contributed by atoms with van der Waals surface area (Å²) in [6.45, 7) is 4.08. The van der Waals surface area contributed by atoms with E-state index in [-0.39, 0.29) is 40.2 Å². The van der Waals surface area contributed by atoms with Gasteiger partial charge in [0.1, 0.15) is 4.90 Å². The Kier molecular flexibility index (Phi) is 7.94. The Morgan fingerprint density at radius 2 is 2.11 bits per heavy atom. The molecule has 2 saturated heterocycles. The molecule has 6 nitrogen and oxygen atoms in total. The summed E-state index contributed by atoms with van der Waals surface area (Å²) in [6, 6.07) is 4.96. The molecule has 0 saturated carbocycles. The van der Waals surface area contributed by atoms with Gasteiger partial charge in [0.25, 0.3) is 0 Å². The predicted octanol–water partition coefficient (Wildman–Crippen LogP) is 2.34. The summed E-state index contributed by atoms with van der Waals surface area (Å²) in [5.41, 5.74) is 0.748. The van der Waals surface area contributed by atoms with Gasteiger partial charge >= 0.3 is 0 Å². The zero-order valence-electron chi connectivity index (χ0n) is 15.4. The minimum atomic E-state index is -3.63. The van der Waals surface area contributed by atoms with Crippen LogP contribution in [0.5, 0.6) is 0 Å². The van der Waals surface area contributed by atoms with E-state index in [1.807, 2.05) is 0 Å². The largest absolute Gasteiger partial charge is 0.354 e. The van der Waals surface area contributed by atoms with Gasteiger partial charge in [-0.05, 0) is 56.7 Å². The van der Waals surface area contributed by atoms with E-state index in [0.29, 0.717) is 19.6 Å². The second-order valence-electron chi connectivity index (χ2n) is 7.15. The van der Waals surface area contributed by atoms with Gasteiger partial charge in [0, 0.05) is 19.6 Å². The van der Waals surface area contributed by atoms with E-state index in [4.69, 9.17) is 11.6 Å². The Morgan fingerprint density at radius 1 is 1.33 bits per heavy atom. The van der Waals surface area contributed by atoms with Crippen molar-refractivity contribution in [2.24, 2.45) is 5.92 Å². The lowest BCUT2D eigenvalue weighted by atomic mass is 9.99. The van der Waals surface area contributed by atoms with Crippen molar-refractivity contribution < 1.29 is 13.2 Å². The van der Waals surface area contributed by atoms with Crippen molar-refractivity contribution in [1.29, 1.82) is 0 Å². The summed E-state index contributed by atoms with van der Waals surface area (Å²) in [6.07, 6.45) is 3.57. The first-order valence-electron chi connectivity index (χ1n) is 9.16. The third kappa shape index (κ3) is 5.15. The molecule has 0 bridgehead atoms. The zero-order valence-corrected chi connectivity index (χ0v) is 17.8. The summed E-state index contributed by atoms with van der Waals surface area (Å²) in [4.78, 5) is 12.3. The number of nitrogens with zero attached hydrogens (tertiary/aromatic N) is 1. The number of hydrogen-bond donors (Lipinski definition) is 2. The van der Waals surface area contributed by atoms with E-state index in [1.54, 1.807) is 25.1 Å². The average molecular weight is 436 g/mol. The van der Waals surface area contributed by atoms with Crippen LogP contribution >= 0.6 is 24.0 Å². The maximum atomic E-state index is 13.0. The number of sulfonamides is 1. The van der Waals surface area contributed by atoms with Crippen molar-refractivity contribution in [3.05, 3.63) is 28.8 Å². The van der Waals surface area contributed by atoms with Gasteiger partial charge in [-0.25, -0.2) is 8.42 Å². The highest BCUT2D eigenvalue weighted by Gasteiger charge is 2.32. The lowest BCUT2D eigenvalue weighted by molar-refractivity contribution is -0.123. The van der Waals surface area contributed by atoms with Gasteiger partial charge in [0.2, 0.25) is 15.9 Å². The van der Waals surface area contributed by atoms with Gasteiger partial charge in [-0.15, -0.1) is 12.4 Å². The smallest absolute Gasteiger partial charge is 0.244 e. The topological polar surface area (TPSA) is 78.5 Å². The fourth-order valence-electron chi connectivity index (χ4n) is 3.65. The molecule has 0 aliphatic carbocycles. The number of hydrogen-bond acceptors (Lipinski definition) is 4. The monoisotopic (exact) mass is 435 g/mol. The molecule has 3 rings (SSSR count). The molecule has 2 atom stereocenters. The second-order valence-corrected chi connectivity index (χ2v) is 9.44. The van der Waals surface area contributed by atoms with Crippen LogP contribution in [0.25, 0.3) is 0 Å². The average Bonchev–Trinajstić information content (AvgIpc) is 3.17. The zero-order chi connectivity index (χ0) is 18.7. The lowest BCUT2D eigenvalue weighted by Crippen LogP contribution is -2.46. The standard InChI is InChI=1S/C18H26ClN3O3S.ClH/c1-13-5-2-8-16(17(13)19)26(24,25)22-10-4-6-14(12-22)11-21-18(23)15-7-3-9-20-15;/h2,5,8,14-15,20H,3-4,6-7,9-12H2,1H3,(H,21,23);1H. The van der Waals surface area contributed by atoms with Crippen LogP contribution in [0, 0.1) is 12.8 Å². The molecule has 1 amide bonds. The first-order valence-corrected chi connectivity index (χ1v) is 11.0. The fourth-order valence-corrected chi connectivity index (χ4v) is 5.76. The van der Waals surface area contributed by atoms with E-state index in [2.05, 4.69) is 10.6 Å². The highest BCUT2D eigenvalue weighted by molar-refractivity contribution is 7.89. The van der Waals surface area contributed by atoms with Crippen molar-refractivity contribution in [3.8, 4) is 0 Å². The third-order valence-corrected chi connectivity index (χ3v) is 7.72. The first-order chi connectivity index (χ1) is 12.4. The summed E-state index contributed by atoms with van der Waals surface area (Å²) in [5, 5.41) is 6.44. The van der Waals surface area contributed by atoms with Crippen molar-refractivity contribution in [2.75, 3.05) is 26.2 Å². The van der Waals surface area contributed by atoms with Crippen LogP contribution in [0.2, 0.25) is 5.02 Å². The second kappa shape index (κ2) is 9.56. The van der Waals surface area contributed by atoms with Crippen LogP contribution in [0.1, 0.15) is 31.2 Å². The molecule has 2 heterocycles. The van der Waals surface area contributed by atoms with Crippen LogP contribution in [0.4, 0.5) is 0 Å². The fraction of sp³-hybridized carbons (Fsp3) is 0.611. The number of halogens is 2. The number of carbonyl (C=O) groups is 1. The molecular formula is C18H27Cl2N3O3S. The van der Waals surface area contributed by atoms with Crippen LogP contribution in [0.3, 0.4) is 0 Å². The van der Waals surface area contributed by atoms with Crippen LogP contribution < -0.4 is 10.6 Å². The van der Waals surface area contributed by atoms with Gasteiger partial charge in [0.05, 0.1) is 11.1 Å². The number of piperidine rings is 1. The number of carbonyl (C=O) groups excluding carboxylic acids is 1. The molecule has 1 aromatic carbocycles. The molecule has 1 aromatic rings. The SMILES string of the molecule is Cc1cccc(S(=O)(=O)N2CCCC(CNC(=O)C3CCCN3)C2)c1Cl.Cl. The molecule has 2 aliphatic heterocycles. The van der Waals surface area contributed by atoms with E-state index >= 15 is 0 Å². The molecule has 27 heavy (non-hydrogen) atoms. The Balaban J connectivity index is 0.00000261. The molecule has 2 aliphatic rings. The Morgan fingerprint density at radius 3 is 2.81 bits per heavy atom. The maximum Gasteiger partial charge on any atom is 0.244 e. The summed E-state index contributed by atoms with van der Waals surface area (Å²) < 4.78 is 27.5. The Bertz CT molecular complexity index is 767. The molecular weight excluding hydrogens is 409 g/mol. The molecule has 9 heteroatoms. The summed E-state index contributed by atoms with van der Waals surface area (Å²) in [5.74, 6) is 0.136. The van der Waals surface area contributed by atoms with Gasteiger partial charge in [-0.3, -0.25) is 4.79 Å². The maximum absolute atomic E-state index is 13.0. The number of aryl methyl sites for hydroxylation is 1.